The molecule has 11 heteroatoms. The van der Waals surface area contributed by atoms with E-state index in [0.717, 1.165) is 52.4 Å². The third-order valence-electron chi connectivity index (χ3n) is 23.3. The molecule has 0 aromatic carbocycles. The van der Waals surface area contributed by atoms with E-state index in [9.17, 15) is 0 Å². The van der Waals surface area contributed by atoms with Crippen LogP contribution in [-0.4, -0.2) is 224 Å². The normalized spacial score (nSPS) is 17.3. The quantitative estimate of drug-likeness (QED) is 0.0440. The van der Waals surface area contributed by atoms with Crippen LogP contribution >= 0.6 is 0 Å². The summed E-state index contributed by atoms with van der Waals surface area (Å²) in [6.07, 6.45) is 79.4. The number of hydrogen-bond donors (Lipinski definition) is 4. The van der Waals surface area contributed by atoms with Crippen molar-refractivity contribution in [1.29, 1.82) is 0 Å². The number of rotatable bonds is 63. The van der Waals surface area contributed by atoms with Crippen LogP contribution < -0.4 is 21.3 Å². The van der Waals surface area contributed by atoms with Gasteiger partial charge in [-0.3, -0.25) is 0 Å². The van der Waals surface area contributed by atoms with Gasteiger partial charge in [0.1, 0.15) is 0 Å². The van der Waals surface area contributed by atoms with Crippen molar-refractivity contribution in [3.63, 3.8) is 0 Å². The van der Waals surface area contributed by atoms with E-state index in [4.69, 9.17) is 0 Å². The van der Waals surface area contributed by atoms with E-state index in [1.54, 1.807) is 0 Å². The number of unbranched alkanes of at least 4 members (excludes halogenated alkanes) is 49. The maximum atomic E-state index is 3.57. The van der Waals surface area contributed by atoms with E-state index < -0.39 is 0 Å². The van der Waals surface area contributed by atoms with Crippen LogP contribution in [0.4, 0.5) is 0 Å². The lowest BCUT2D eigenvalue weighted by Crippen LogP contribution is -2.46. The fraction of sp³-hybridized carbons (Fsp3) is 1.00. The van der Waals surface area contributed by atoms with E-state index in [2.05, 4.69) is 104 Å². The minimum absolute atomic E-state index is 1.06. The maximum Gasteiger partial charge on any atom is 0.0110 e. The Hall–Kier alpha value is -0.440. The molecule has 0 unspecified atom stereocenters. The highest BCUT2D eigenvalue weighted by atomic mass is 15.3. The average molecular weight is 1460 g/mol. The Balaban J connectivity index is 0.00000177. The summed E-state index contributed by atoms with van der Waals surface area (Å²) in [6.45, 7) is 51.6. The molecule has 2 aliphatic heterocycles. The van der Waals surface area contributed by atoms with Gasteiger partial charge in [0.25, 0.3) is 0 Å². The zero-order valence-electron chi connectivity index (χ0n) is 72.2. The molecule has 2 rings (SSSR count). The molecule has 0 atom stereocenters. The number of hydrogen-bond acceptors (Lipinski definition) is 11. The van der Waals surface area contributed by atoms with Crippen LogP contribution in [0.1, 0.15) is 408 Å². The number of nitrogens with zero attached hydrogens (tertiary/aromatic N) is 7. The molecule has 0 aromatic rings. The fourth-order valence-electron chi connectivity index (χ4n) is 15.8. The van der Waals surface area contributed by atoms with Crippen LogP contribution in [-0.2, 0) is 0 Å². The molecular weight excluding hydrogens is 1260 g/mol. The first-order valence-electron chi connectivity index (χ1n) is 47.9. The lowest BCUT2D eigenvalue weighted by atomic mass is 10.1. The topological polar surface area (TPSA) is 70.8 Å². The van der Waals surface area contributed by atoms with E-state index >= 15 is 0 Å². The van der Waals surface area contributed by atoms with Gasteiger partial charge in [0.15, 0.2) is 0 Å². The first-order valence-corrected chi connectivity index (χ1v) is 47.9. The molecule has 0 aromatic heterocycles. The second kappa shape index (κ2) is 85.6. The summed E-state index contributed by atoms with van der Waals surface area (Å²) in [7, 11) is 0. The Kier molecular flexibility index (Phi) is 83.5. The minimum Gasteiger partial charge on any atom is -0.314 e. The SMILES string of the molecule is CCCCCCCCCCN1CCN(CCCCCCCCCC)CCN(CCCCCCCCCC)CCN(CCCCCCCCCC)CCN(CCCCCCCCCC)CCN(CCCCCCCCCC)CC1.CCCCCCCCCCN1CCNCCNCCNCCNCC1. The van der Waals surface area contributed by atoms with Gasteiger partial charge < -0.3 is 55.6 Å². The highest BCUT2D eigenvalue weighted by Crippen LogP contribution is 2.18. The smallest absolute Gasteiger partial charge is 0.0110 e. The van der Waals surface area contributed by atoms with Crippen LogP contribution in [0.5, 0.6) is 0 Å². The van der Waals surface area contributed by atoms with Crippen molar-refractivity contribution in [3.8, 4) is 0 Å². The molecule has 0 spiro atoms. The van der Waals surface area contributed by atoms with Gasteiger partial charge in [-0.1, -0.05) is 363 Å². The zero-order valence-corrected chi connectivity index (χ0v) is 72.2. The van der Waals surface area contributed by atoms with Gasteiger partial charge in [0.2, 0.25) is 0 Å². The molecule has 0 bridgehead atoms. The molecule has 0 saturated carbocycles. The Morgan fingerprint density at radius 1 is 0.126 bits per heavy atom. The molecular formula is C92H195N11. The average Bonchev–Trinajstić information content (AvgIpc) is 1.35. The van der Waals surface area contributed by atoms with Crippen LogP contribution in [0.3, 0.4) is 0 Å². The molecule has 2 fully saturated rings. The monoisotopic (exact) mass is 1450 g/mol. The Morgan fingerprint density at radius 3 is 0.369 bits per heavy atom. The second-order valence-electron chi connectivity index (χ2n) is 33.2. The second-order valence-corrected chi connectivity index (χ2v) is 33.2. The fourth-order valence-corrected chi connectivity index (χ4v) is 15.8. The van der Waals surface area contributed by atoms with Crippen LogP contribution in [0.15, 0.2) is 0 Å². The summed E-state index contributed by atoms with van der Waals surface area (Å²) < 4.78 is 0. The summed E-state index contributed by atoms with van der Waals surface area (Å²) in [4.78, 5) is 20.5. The highest BCUT2D eigenvalue weighted by Gasteiger charge is 2.19. The van der Waals surface area contributed by atoms with Gasteiger partial charge >= 0.3 is 0 Å². The third-order valence-corrected chi connectivity index (χ3v) is 23.3. The summed E-state index contributed by atoms with van der Waals surface area (Å²) >= 11 is 0. The predicted octanol–water partition coefficient (Wildman–Crippen LogP) is 22.5. The van der Waals surface area contributed by atoms with Crippen LogP contribution in [0.25, 0.3) is 0 Å². The summed E-state index contributed by atoms with van der Waals surface area (Å²) in [5.74, 6) is 0. The molecule has 2 aliphatic rings. The lowest BCUT2D eigenvalue weighted by molar-refractivity contribution is 0.129. The Bertz CT molecular complexity index is 1290. The zero-order chi connectivity index (χ0) is 74.0. The molecule has 103 heavy (non-hydrogen) atoms. The van der Waals surface area contributed by atoms with Gasteiger partial charge in [0, 0.05) is 144 Å². The van der Waals surface area contributed by atoms with E-state index in [1.165, 1.54) is 497 Å². The van der Waals surface area contributed by atoms with Crippen molar-refractivity contribution in [3.05, 3.63) is 0 Å². The minimum atomic E-state index is 1.06. The van der Waals surface area contributed by atoms with E-state index in [-0.39, 0.29) is 0 Å². The Morgan fingerprint density at radius 2 is 0.233 bits per heavy atom. The van der Waals surface area contributed by atoms with Crippen molar-refractivity contribution < 1.29 is 0 Å². The molecule has 11 nitrogen and oxygen atoms in total. The molecule has 0 amide bonds. The lowest BCUT2D eigenvalue weighted by Gasteiger charge is -2.34. The van der Waals surface area contributed by atoms with Crippen LogP contribution in [0.2, 0.25) is 0 Å². The van der Waals surface area contributed by atoms with Crippen molar-refractivity contribution in [2.45, 2.75) is 408 Å². The molecule has 4 N–H and O–H groups in total. The van der Waals surface area contributed by atoms with Gasteiger partial charge in [-0.05, 0) is 90.8 Å². The summed E-state index contributed by atoms with van der Waals surface area (Å²) in [6, 6.07) is 0. The van der Waals surface area contributed by atoms with Crippen molar-refractivity contribution >= 4 is 0 Å². The Labute approximate surface area is 649 Å². The standard InChI is InChI=1S/C72H150N6.C20H45N5/c1-7-13-19-25-31-37-43-49-55-73-61-63-74(56-50-44-38-32-26-20-14-8-2)65-67-76(58-52-46-40-34-28-22-16-10-4)69-71-78(60-54-48-42-36-30-24-18-12-6)72-70-77(59-53-47-41-35-29-23-17-11-5)68-66-75(64-62-73)57-51-45-39-33-27-21-15-9-3;1-2-3-4-5-6-7-8-9-18-25-19-16-23-14-12-21-10-11-22-13-15-24-17-20-25/h7-72H2,1-6H3;21-24H,2-20H2,1H3. The van der Waals surface area contributed by atoms with Gasteiger partial charge in [0.05, 0.1) is 0 Å². The van der Waals surface area contributed by atoms with Crippen molar-refractivity contribution in [2.75, 3.05) is 190 Å². The summed E-state index contributed by atoms with van der Waals surface area (Å²) in [5, 5.41) is 14.1. The van der Waals surface area contributed by atoms with E-state index in [0.29, 0.717) is 0 Å². The van der Waals surface area contributed by atoms with Crippen molar-refractivity contribution in [2.24, 2.45) is 0 Å². The van der Waals surface area contributed by atoms with Crippen molar-refractivity contribution in [1.82, 2.24) is 55.6 Å². The number of nitrogens with one attached hydrogen (secondary N) is 4. The molecule has 2 heterocycles. The molecule has 0 radical (unpaired) electrons. The first kappa shape index (κ1) is 101. The van der Waals surface area contributed by atoms with Crippen LogP contribution in [0, 0.1) is 0 Å². The third kappa shape index (κ3) is 74.1. The van der Waals surface area contributed by atoms with Gasteiger partial charge in [-0.2, -0.15) is 0 Å². The maximum absolute atomic E-state index is 3.57. The van der Waals surface area contributed by atoms with Gasteiger partial charge in [-0.25, -0.2) is 0 Å². The predicted molar refractivity (Wildman–Crippen MR) is 465 cm³/mol. The molecule has 0 aliphatic carbocycles. The first-order chi connectivity index (χ1) is 51.0. The highest BCUT2D eigenvalue weighted by molar-refractivity contribution is 4.75. The van der Waals surface area contributed by atoms with E-state index in [1.807, 2.05) is 0 Å². The largest absolute Gasteiger partial charge is 0.314 e. The molecule has 2 saturated heterocycles. The molecule has 618 valence electrons. The van der Waals surface area contributed by atoms with Gasteiger partial charge in [-0.15, -0.1) is 0 Å². The summed E-state index contributed by atoms with van der Waals surface area (Å²) in [5.41, 5.74) is 0.